The molecule has 3 N–H and O–H groups in total. The van der Waals surface area contributed by atoms with Crippen molar-refractivity contribution in [2.75, 3.05) is 26.2 Å². The van der Waals surface area contributed by atoms with Crippen LogP contribution < -0.4 is 16.0 Å². The van der Waals surface area contributed by atoms with E-state index >= 15 is 0 Å². The molecule has 3 heterocycles. The van der Waals surface area contributed by atoms with Crippen LogP contribution in [0.5, 0.6) is 0 Å². The minimum absolute atomic E-state index is 0.106. The Labute approximate surface area is 191 Å². The van der Waals surface area contributed by atoms with Crippen LogP contribution in [0.3, 0.4) is 0 Å². The number of hydrogen-bond donors (Lipinski definition) is 3. The molecule has 10 heteroatoms. The molecule has 174 valence electrons. The molecule has 4 rings (SSSR count). The summed E-state index contributed by atoms with van der Waals surface area (Å²) in [7, 11) is 0. The summed E-state index contributed by atoms with van der Waals surface area (Å²) in [6.07, 6.45) is 6.61. The molecule has 2 saturated heterocycles. The van der Waals surface area contributed by atoms with Gasteiger partial charge in [0.2, 0.25) is 11.8 Å². The Kier molecular flexibility index (Phi) is 7.29. The predicted octanol–water partition coefficient (Wildman–Crippen LogP) is 1.31. The molecule has 0 spiro atoms. The first-order chi connectivity index (χ1) is 15.5. The van der Waals surface area contributed by atoms with Gasteiger partial charge in [-0.15, -0.1) is 11.3 Å². The number of carbonyl (C=O) groups excluding carboxylic acids is 4. The molecule has 1 aromatic heterocycles. The summed E-state index contributed by atoms with van der Waals surface area (Å²) in [5.74, 6) is -0.736. The van der Waals surface area contributed by atoms with Crippen molar-refractivity contribution in [2.24, 2.45) is 0 Å². The number of nitrogens with zero attached hydrogens (tertiary/aromatic N) is 2. The minimum Gasteiger partial charge on any atom is -0.354 e. The molecule has 1 aliphatic carbocycles. The van der Waals surface area contributed by atoms with Gasteiger partial charge >= 0.3 is 6.03 Å². The molecule has 0 aromatic carbocycles. The van der Waals surface area contributed by atoms with E-state index in [4.69, 9.17) is 0 Å². The lowest BCUT2D eigenvalue weighted by atomic mass is 9.95. The topological polar surface area (TPSA) is 111 Å². The van der Waals surface area contributed by atoms with Gasteiger partial charge in [-0.05, 0) is 37.1 Å². The van der Waals surface area contributed by atoms with Crippen LogP contribution in [0.1, 0.15) is 54.6 Å². The van der Waals surface area contributed by atoms with E-state index in [-0.39, 0.29) is 37.0 Å². The Balaban J connectivity index is 1.47. The van der Waals surface area contributed by atoms with Crippen LogP contribution in [-0.4, -0.2) is 77.9 Å². The highest BCUT2D eigenvalue weighted by Gasteiger charge is 2.39. The molecule has 1 saturated carbocycles. The van der Waals surface area contributed by atoms with Gasteiger partial charge < -0.3 is 25.8 Å². The molecule has 3 aliphatic rings. The summed E-state index contributed by atoms with van der Waals surface area (Å²) in [5.41, 5.74) is 0. The molecule has 2 atom stereocenters. The maximum Gasteiger partial charge on any atom is 0.318 e. The van der Waals surface area contributed by atoms with Crippen molar-refractivity contribution in [3.63, 3.8) is 0 Å². The third-order valence-corrected chi connectivity index (χ3v) is 7.36. The van der Waals surface area contributed by atoms with Gasteiger partial charge in [0, 0.05) is 25.7 Å². The van der Waals surface area contributed by atoms with E-state index in [1.165, 1.54) is 22.7 Å². The molecule has 0 bridgehead atoms. The van der Waals surface area contributed by atoms with Crippen LogP contribution in [0.4, 0.5) is 4.79 Å². The second-order valence-corrected chi connectivity index (χ2v) is 9.66. The average Bonchev–Trinajstić information content (AvgIpc) is 3.35. The summed E-state index contributed by atoms with van der Waals surface area (Å²) in [4.78, 5) is 55.1. The highest BCUT2D eigenvalue weighted by Crippen LogP contribution is 2.20. The van der Waals surface area contributed by atoms with Crippen molar-refractivity contribution < 1.29 is 19.2 Å². The van der Waals surface area contributed by atoms with E-state index in [2.05, 4.69) is 16.0 Å². The number of rotatable bonds is 4. The molecule has 2 unspecified atom stereocenters. The number of urea groups is 1. The first-order valence-corrected chi connectivity index (χ1v) is 12.4. The molecule has 0 radical (unpaired) electrons. The summed E-state index contributed by atoms with van der Waals surface area (Å²) < 4.78 is 0. The lowest BCUT2D eigenvalue weighted by Gasteiger charge is -2.41. The lowest BCUT2D eigenvalue weighted by Crippen LogP contribution is -2.65. The summed E-state index contributed by atoms with van der Waals surface area (Å²) in [6, 6.07) is 1.98. The van der Waals surface area contributed by atoms with Crippen molar-refractivity contribution in [3.05, 3.63) is 22.4 Å². The van der Waals surface area contributed by atoms with E-state index in [0.717, 1.165) is 32.1 Å². The van der Waals surface area contributed by atoms with Gasteiger partial charge in [0.05, 0.1) is 11.4 Å². The monoisotopic (exact) mass is 461 g/mol. The average molecular weight is 462 g/mol. The standard InChI is InChI=1S/C22H31N5O4S/c28-19-16(8-4-10-23-19)25-20(29)17-14-26(21(30)18-9-5-13-32-18)11-12-27(17)22(31)24-15-6-2-1-3-7-15/h5,9,13,15-17H,1-4,6-8,10-12,14H2,(H,23,28)(H,24,31)(H,25,29). The van der Waals surface area contributed by atoms with Crippen molar-refractivity contribution in [1.29, 1.82) is 0 Å². The maximum atomic E-state index is 13.2. The van der Waals surface area contributed by atoms with Crippen molar-refractivity contribution in [2.45, 2.75) is 63.1 Å². The summed E-state index contributed by atoms with van der Waals surface area (Å²) in [5, 5.41) is 10.5. The summed E-state index contributed by atoms with van der Waals surface area (Å²) in [6.45, 7) is 1.34. The van der Waals surface area contributed by atoms with Gasteiger partial charge in [0.25, 0.3) is 5.91 Å². The number of thiophene rings is 1. The predicted molar refractivity (Wildman–Crippen MR) is 120 cm³/mol. The van der Waals surface area contributed by atoms with E-state index in [1.54, 1.807) is 11.0 Å². The minimum atomic E-state index is -0.842. The zero-order chi connectivity index (χ0) is 22.5. The molecule has 5 amide bonds. The molecule has 32 heavy (non-hydrogen) atoms. The fraction of sp³-hybridized carbons (Fsp3) is 0.636. The van der Waals surface area contributed by atoms with Gasteiger partial charge in [0.15, 0.2) is 0 Å². The number of carbonyl (C=O) groups is 4. The quantitative estimate of drug-likeness (QED) is 0.628. The van der Waals surface area contributed by atoms with Gasteiger partial charge in [0.1, 0.15) is 12.1 Å². The molecular weight excluding hydrogens is 430 g/mol. The van der Waals surface area contributed by atoms with E-state index in [1.807, 2.05) is 11.4 Å². The van der Waals surface area contributed by atoms with E-state index in [9.17, 15) is 19.2 Å². The van der Waals surface area contributed by atoms with Crippen LogP contribution in [0, 0.1) is 0 Å². The Morgan fingerprint density at radius 1 is 1.03 bits per heavy atom. The third kappa shape index (κ3) is 5.23. The Morgan fingerprint density at radius 3 is 2.56 bits per heavy atom. The molecule has 1 aromatic rings. The number of piperazine rings is 1. The lowest BCUT2D eigenvalue weighted by molar-refractivity contribution is -0.133. The van der Waals surface area contributed by atoms with Gasteiger partial charge in [-0.2, -0.15) is 0 Å². The molecule has 3 fully saturated rings. The molecule has 9 nitrogen and oxygen atoms in total. The van der Waals surface area contributed by atoms with Crippen LogP contribution >= 0.6 is 11.3 Å². The molecular formula is C22H31N5O4S. The van der Waals surface area contributed by atoms with Crippen LogP contribution in [-0.2, 0) is 9.59 Å². The van der Waals surface area contributed by atoms with Crippen molar-refractivity contribution in [3.8, 4) is 0 Å². The van der Waals surface area contributed by atoms with E-state index in [0.29, 0.717) is 24.4 Å². The van der Waals surface area contributed by atoms with Gasteiger partial charge in [-0.3, -0.25) is 14.4 Å². The third-order valence-electron chi connectivity index (χ3n) is 6.50. The Bertz CT molecular complexity index is 839. The van der Waals surface area contributed by atoms with E-state index < -0.39 is 18.0 Å². The number of nitrogens with one attached hydrogen (secondary N) is 3. The van der Waals surface area contributed by atoms with Crippen LogP contribution in [0.2, 0.25) is 0 Å². The summed E-state index contributed by atoms with van der Waals surface area (Å²) >= 11 is 1.36. The maximum absolute atomic E-state index is 13.2. The second kappa shape index (κ2) is 10.3. The Morgan fingerprint density at radius 2 is 1.84 bits per heavy atom. The first-order valence-electron chi connectivity index (χ1n) is 11.5. The highest BCUT2D eigenvalue weighted by molar-refractivity contribution is 7.12. The fourth-order valence-corrected chi connectivity index (χ4v) is 5.36. The first kappa shape index (κ1) is 22.6. The van der Waals surface area contributed by atoms with Crippen molar-refractivity contribution >= 4 is 35.1 Å². The Hall–Kier alpha value is -2.62. The van der Waals surface area contributed by atoms with Crippen LogP contribution in [0.15, 0.2) is 17.5 Å². The number of hydrogen-bond acceptors (Lipinski definition) is 5. The van der Waals surface area contributed by atoms with Crippen molar-refractivity contribution in [1.82, 2.24) is 25.8 Å². The van der Waals surface area contributed by atoms with Gasteiger partial charge in [-0.1, -0.05) is 25.3 Å². The normalized spacial score (nSPS) is 24.6. The van der Waals surface area contributed by atoms with Crippen LogP contribution in [0.25, 0.3) is 0 Å². The molecule has 2 aliphatic heterocycles. The fourth-order valence-electron chi connectivity index (χ4n) is 4.67. The highest BCUT2D eigenvalue weighted by atomic mass is 32.1. The number of piperidine rings is 1. The zero-order valence-electron chi connectivity index (χ0n) is 18.2. The zero-order valence-corrected chi connectivity index (χ0v) is 19.0. The SMILES string of the molecule is O=C1NCCCC1NC(=O)C1CN(C(=O)c2cccs2)CCN1C(=O)NC1CCCCC1. The number of amides is 5. The smallest absolute Gasteiger partial charge is 0.318 e. The largest absolute Gasteiger partial charge is 0.354 e. The second-order valence-electron chi connectivity index (χ2n) is 8.72. The van der Waals surface area contributed by atoms with Gasteiger partial charge in [-0.25, -0.2) is 4.79 Å².